The Bertz CT molecular complexity index is 843. The van der Waals surface area contributed by atoms with E-state index in [-0.39, 0.29) is 17.9 Å². The molecule has 154 valence electrons. The second kappa shape index (κ2) is 9.52. The van der Waals surface area contributed by atoms with Crippen LogP contribution in [0.5, 0.6) is 5.75 Å². The largest absolute Gasteiger partial charge is 0.491 e. The Kier molecular flexibility index (Phi) is 6.82. The van der Waals surface area contributed by atoms with Gasteiger partial charge >= 0.3 is 0 Å². The molecule has 7 nitrogen and oxygen atoms in total. The van der Waals surface area contributed by atoms with Crippen molar-refractivity contribution in [3.05, 3.63) is 53.9 Å². The Labute approximate surface area is 171 Å². The normalized spacial score (nSPS) is 14.7. The van der Waals surface area contributed by atoms with E-state index in [1.165, 1.54) is 6.20 Å². The van der Waals surface area contributed by atoms with Crippen LogP contribution >= 0.6 is 0 Å². The molecule has 0 bridgehead atoms. The number of pyridine rings is 1. The van der Waals surface area contributed by atoms with Gasteiger partial charge in [0, 0.05) is 43.6 Å². The molecule has 2 heterocycles. The summed E-state index contributed by atoms with van der Waals surface area (Å²) >= 11 is 0. The van der Waals surface area contributed by atoms with Crippen molar-refractivity contribution in [3.8, 4) is 5.75 Å². The lowest BCUT2D eigenvalue weighted by molar-refractivity contribution is 0.0637. The Hall–Kier alpha value is -2.93. The minimum atomic E-state index is -0.283. The van der Waals surface area contributed by atoms with Crippen molar-refractivity contribution in [1.29, 1.82) is 0 Å². The van der Waals surface area contributed by atoms with Gasteiger partial charge in [0.15, 0.2) is 0 Å². The molecule has 2 amide bonds. The fourth-order valence-electron chi connectivity index (χ4n) is 3.21. The molecule has 1 aromatic carbocycles. The molecule has 0 radical (unpaired) electrons. The van der Waals surface area contributed by atoms with Gasteiger partial charge in [-0.2, -0.15) is 0 Å². The highest BCUT2D eigenvalue weighted by Crippen LogP contribution is 2.18. The molecule has 0 unspecified atom stereocenters. The van der Waals surface area contributed by atoms with E-state index >= 15 is 0 Å². The molecule has 1 saturated heterocycles. The summed E-state index contributed by atoms with van der Waals surface area (Å²) < 4.78 is 5.61. The van der Waals surface area contributed by atoms with Gasteiger partial charge in [-0.1, -0.05) is 6.92 Å². The summed E-state index contributed by atoms with van der Waals surface area (Å²) in [6.45, 7) is 10.1. The van der Waals surface area contributed by atoms with Gasteiger partial charge in [-0.05, 0) is 56.8 Å². The van der Waals surface area contributed by atoms with Crippen LogP contribution in [0, 0.1) is 0 Å². The van der Waals surface area contributed by atoms with E-state index in [0.29, 0.717) is 30.0 Å². The average Bonchev–Trinajstić information content (AvgIpc) is 2.74. The third-order valence-electron chi connectivity index (χ3n) is 4.83. The first-order valence-corrected chi connectivity index (χ1v) is 10.0. The maximum atomic E-state index is 12.8. The number of anilines is 1. The first-order valence-electron chi connectivity index (χ1n) is 10.0. The van der Waals surface area contributed by atoms with Crippen LogP contribution in [0.15, 0.2) is 42.6 Å². The number of piperazine rings is 1. The molecule has 1 aliphatic heterocycles. The molecular weight excluding hydrogens is 368 g/mol. The Morgan fingerprint density at radius 2 is 1.79 bits per heavy atom. The molecule has 3 rings (SSSR count). The van der Waals surface area contributed by atoms with Gasteiger partial charge in [0.05, 0.1) is 6.10 Å². The van der Waals surface area contributed by atoms with E-state index in [1.807, 2.05) is 26.0 Å². The summed E-state index contributed by atoms with van der Waals surface area (Å²) in [5.74, 6) is 0.332. The number of aromatic nitrogens is 1. The van der Waals surface area contributed by atoms with E-state index in [1.54, 1.807) is 29.2 Å². The number of benzene rings is 1. The monoisotopic (exact) mass is 396 g/mol. The van der Waals surface area contributed by atoms with Crippen molar-refractivity contribution in [2.45, 2.75) is 26.9 Å². The number of rotatable bonds is 6. The number of carbonyl (C=O) groups excluding carboxylic acids is 2. The quantitative estimate of drug-likeness (QED) is 0.813. The SMILES string of the molecule is CCN1CCN(C(=O)c2cc(C(=O)Nc3ccc(OC(C)C)cc3)ccn2)CC1. The number of likely N-dealkylation sites (N-methyl/N-ethyl adjacent to an activating group) is 1. The molecule has 1 aromatic heterocycles. The number of nitrogens with zero attached hydrogens (tertiary/aromatic N) is 3. The van der Waals surface area contributed by atoms with Crippen LogP contribution in [0.4, 0.5) is 5.69 Å². The summed E-state index contributed by atoms with van der Waals surface area (Å²) in [5.41, 5.74) is 1.35. The second-order valence-corrected chi connectivity index (χ2v) is 7.30. The summed E-state index contributed by atoms with van der Waals surface area (Å²) in [6.07, 6.45) is 1.59. The lowest BCUT2D eigenvalue weighted by atomic mass is 10.2. The molecule has 29 heavy (non-hydrogen) atoms. The topological polar surface area (TPSA) is 74.8 Å². The minimum absolute atomic E-state index is 0.0909. The van der Waals surface area contributed by atoms with Crippen LogP contribution < -0.4 is 10.1 Å². The van der Waals surface area contributed by atoms with Gasteiger partial charge in [-0.3, -0.25) is 14.6 Å². The number of hydrogen-bond donors (Lipinski definition) is 1. The number of carbonyl (C=O) groups is 2. The Balaban J connectivity index is 1.64. The lowest BCUT2D eigenvalue weighted by Crippen LogP contribution is -2.48. The smallest absolute Gasteiger partial charge is 0.272 e. The zero-order chi connectivity index (χ0) is 20.8. The summed E-state index contributed by atoms with van der Waals surface area (Å²) in [5, 5.41) is 2.84. The molecule has 0 atom stereocenters. The van der Waals surface area contributed by atoms with E-state index < -0.39 is 0 Å². The van der Waals surface area contributed by atoms with Gasteiger partial charge in [0.1, 0.15) is 11.4 Å². The highest BCUT2D eigenvalue weighted by atomic mass is 16.5. The maximum absolute atomic E-state index is 12.8. The fraction of sp³-hybridized carbons (Fsp3) is 0.409. The van der Waals surface area contributed by atoms with Crippen molar-refractivity contribution in [3.63, 3.8) is 0 Å². The second-order valence-electron chi connectivity index (χ2n) is 7.30. The molecule has 7 heteroatoms. The average molecular weight is 396 g/mol. The van der Waals surface area contributed by atoms with Gasteiger partial charge < -0.3 is 19.9 Å². The van der Waals surface area contributed by atoms with Crippen LogP contribution in [0.3, 0.4) is 0 Å². The van der Waals surface area contributed by atoms with Gasteiger partial charge in [-0.25, -0.2) is 0 Å². The summed E-state index contributed by atoms with van der Waals surface area (Å²) in [6, 6.07) is 10.4. The van der Waals surface area contributed by atoms with Crippen LogP contribution in [0.1, 0.15) is 41.6 Å². The van der Waals surface area contributed by atoms with Gasteiger partial charge in [0.25, 0.3) is 11.8 Å². The molecule has 2 aromatic rings. The van der Waals surface area contributed by atoms with Crippen molar-refractivity contribution >= 4 is 17.5 Å². The van der Waals surface area contributed by atoms with E-state index in [0.717, 1.165) is 25.4 Å². The first kappa shape index (κ1) is 20.8. The third-order valence-corrected chi connectivity index (χ3v) is 4.83. The van der Waals surface area contributed by atoms with Crippen LogP contribution in [0.2, 0.25) is 0 Å². The number of amides is 2. The highest BCUT2D eigenvalue weighted by molar-refractivity contribution is 6.05. The Morgan fingerprint density at radius 1 is 1.10 bits per heavy atom. The van der Waals surface area contributed by atoms with E-state index in [2.05, 4.69) is 22.1 Å². The third kappa shape index (κ3) is 5.54. The van der Waals surface area contributed by atoms with E-state index in [4.69, 9.17) is 4.74 Å². The summed E-state index contributed by atoms with van der Waals surface area (Å²) in [7, 11) is 0. The zero-order valence-corrected chi connectivity index (χ0v) is 17.2. The molecule has 0 aliphatic carbocycles. The standard InChI is InChI=1S/C22H28N4O3/c1-4-25-11-13-26(14-12-25)22(28)20-15-17(9-10-23-20)21(27)24-18-5-7-19(8-6-18)29-16(2)3/h5-10,15-16H,4,11-14H2,1-3H3,(H,24,27). The van der Waals surface area contributed by atoms with Crippen molar-refractivity contribution in [1.82, 2.24) is 14.8 Å². The molecule has 1 aliphatic rings. The molecule has 1 fully saturated rings. The van der Waals surface area contributed by atoms with Crippen molar-refractivity contribution < 1.29 is 14.3 Å². The van der Waals surface area contributed by atoms with Crippen molar-refractivity contribution in [2.24, 2.45) is 0 Å². The number of hydrogen-bond acceptors (Lipinski definition) is 5. The van der Waals surface area contributed by atoms with Crippen molar-refractivity contribution in [2.75, 3.05) is 38.0 Å². The van der Waals surface area contributed by atoms with Crippen LogP contribution in [-0.2, 0) is 0 Å². The number of nitrogens with one attached hydrogen (secondary N) is 1. The number of ether oxygens (including phenoxy) is 1. The summed E-state index contributed by atoms with van der Waals surface area (Å²) in [4.78, 5) is 33.6. The fourth-order valence-corrected chi connectivity index (χ4v) is 3.21. The lowest BCUT2D eigenvalue weighted by Gasteiger charge is -2.33. The van der Waals surface area contributed by atoms with Gasteiger partial charge in [-0.15, -0.1) is 0 Å². The van der Waals surface area contributed by atoms with Crippen LogP contribution in [0.25, 0.3) is 0 Å². The Morgan fingerprint density at radius 3 is 2.41 bits per heavy atom. The molecule has 0 saturated carbocycles. The predicted octanol–water partition coefficient (Wildman–Crippen LogP) is 2.90. The molecule has 1 N–H and O–H groups in total. The maximum Gasteiger partial charge on any atom is 0.272 e. The van der Waals surface area contributed by atoms with Crippen LogP contribution in [-0.4, -0.2) is 65.4 Å². The zero-order valence-electron chi connectivity index (χ0n) is 17.2. The molecule has 0 spiro atoms. The minimum Gasteiger partial charge on any atom is -0.491 e. The van der Waals surface area contributed by atoms with E-state index in [9.17, 15) is 9.59 Å². The molecular formula is C22H28N4O3. The highest BCUT2D eigenvalue weighted by Gasteiger charge is 2.23. The first-order chi connectivity index (χ1) is 14.0. The predicted molar refractivity (Wildman–Crippen MR) is 112 cm³/mol. The van der Waals surface area contributed by atoms with Gasteiger partial charge in [0.2, 0.25) is 0 Å².